The van der Waals surface area contributed by atoms with Gasteiger partial charge in [-0.3, -0.25) is 0 Å². The van der Waals surface area contributed by atoms with Crippen molar-refractivity contribution in [3.8, 4) is 18.2 Å². The Balaban J connectivity index is 2.29. The fraction of sp³-hybridized carbons (Fsp3) is 0.368. The van der Waals surface area contributed by atoms with Gasteiger partial charge in [0, 0.05) is 10.9 Å². The summed E-state index contributed by atoms with van der Waals surface area (Å²) in [6.45, 7) is 0. The fourth-order valence-corrected chi connectivity index (χ4v) is 4.33. The summed E-state index contributed by atoms with van der Waals surface area (Å²) in [6.07, 6.45) is 4.60. The first kappa shape index (κ1) is 16.3. The van der Waals surface area contributed by atoms with E-state index in [9.17, 15) is 15.8 Å². The van der Waals surface area contributed by atoms with Gasteiger partial charge in [0.15, 0.2) is 5.41 Å². The van der Waals surface area contributed by atoms with E-state index in [0.29, 0.717) is 10.6 Å². The van der Waals surface area contributed by atoms with Crippen molar-refractivity contribution in [2.24, 2.45) is 17.3 Å². The molecule has 0 aromatic heterocycles. The van der Waals surface area contributed by atoms with Crippen LogP contribution in [0.1, 0.15) is 30.7 Å². The Hall–Kier alpha value is -2.61. The van der Waals surface area contributed by atoms with Gasteiger partial charge in [-0.05, 0) is 42.4 Å². The first-order valence-electron chi connectivity index (χ1n) is 7.86. The summed E-state index contributed by atoms with van der Waals surface area (Å²) in [6, 6.07) is 13.5. The molecule has 2 aliphatic carbocycles. The second kappa shape index (κ2) is 6.12. The lowest BCUT2D eigenvalue weighted by molar-refractivity contribution is 0.320. The number of allylic oxidation sites excluding steroid dienone is 2. The molecule has 0 unspecified atom stereocenters. The zero-order valence-electron chi connectivity index (χ0n) is 13.0. The Labute approximate surface area is 146 Å². The molecule has 0 radical (unpaired) electrons. The number of rotatable bonds is 1. The van der Waals surface area contributed by atoms with E-state index in [0.717, 1.165) is 24.8 Å². The van der Waals surface area contributed by atoms with Crippen LogP contribution in [0.4, 0.5) is 0 Å². The summed E-state index contributed by atoms with van der Waals surface area (Å²) < 4.78 is 0. The Bertz CT molecular complexity index is 835. The first-order chi connectivity index (χ1) is 11.6. The van der Waals surface area contributed by atoms with E-state index in [1.165, 1.54) is 0 Å². The lowest BCUT2D eigenvalue weighted by atomic mass is 9.53. The summed E-state index contributed by atoms with van der Waals surface area (Å²) >= 11 is 6.37. The summed E-state index contributed by atoms with van der Waals surface area (Å²) in [4.78, 5) is 0. The Morgan fingerprint density at radius 3 is 2.50 bits per heavy atom. The smallest absolute Gasteiger partial charge is 0.189 e. The number of nitriles is 3. The highest BCUT2D eigenvalue weighted by atomic mass is 35.5. The highest BCUT2D eigenvalue weighted by Crippen LogP contribution is 2.56. The van der Waals surface area contributed by atoms with Crippen molar-refractivity contribution in [1.29, 1.82) is 21.2 Å². The lowest BCUT2D eigenvalue weighted by Gasteiger charge is -2.46. The topological polar surface area (TPSA) is 95.2 Å². The normalized spacial score (nSPS) is 27.8. The maximum absolute atomic E-state index is 9.85. The minimum absolute atomic E-state index is 0.114. The van der Waals surface area contributed by atoms with Crippen molar-refractivity contribution in [2.45, 2.75) is 25.2 Å². The average molecular weight is 335 g/mol. The van der Waals surface area contributed by atoms with Crippen LogP contribution in [-0.4, -0.2) is 5.71 Å². The molecular weight excluding hydrogens is 320 g/mol. The fourth-order valence-electron chi connectivity index (χ4n) is 4.08. The van der Waals surface area contributed by atoms with Gasteiger partial charge in [0.2, 0.25) is 0 Å². The van der Waals surface area contributed by atoms with Crippen molar-refractivity contribution >= 4 is 17.3 Å². The third-order valence-corrected chi connectivity index (χ3v) is 5.51. The van der Waals surface area contributed by atoms with E-state index in [1.807, 2.05) is 18.2 Å². The molecule has 1 aromatic carbocycles. The van der Waals surface area contributed by atoms with Crippen molar-refractivity contribution < 1.29 is 0 Å². The predicted octanol–water partition coefficient (Wildman–Crippen LogP) is 4.36. The van der Waals surface area contributed by atoms with E-state index in [1.54, 1.807) is 12.1 Å². The van der Waals surface area contributed by atoms with Crippen LogP contribution in [0.5, 0.6) is 0 Å². The van der Waals surface area contributed by atoms with Gasteiger partial charge in [-0.25, -0.2) is 0 Å². The summed E-state index contributed by atoms with van der Waals surface area (Å²) in [5, 5.41) is 38.2. The largest absolute Gasteiger partial charge is 0.305 e. The minimum atomic E-state index is -1.66. The third-order valence-electron chi connectivity index (χ3n) is 5.17. The molecule has 118 valence electrons. The number of benzene rings is 1. The van der Waals surface area contributed by atoms with Crippen molar-refractivity contribution in [1.82, 2.24) is 0 Å². The second-order valence-corrected chi connectivity index (χ2v) is 6.66. The van der Waals surface area contributed by atoms with Crippen LogP contribution in [-0.2, 0) is 0 Å². The van der Waals surface area contributed by atoms with E-state index in [-0.39, 0.29) is 11.6 Å². The molecule has 1 N–H and O–H groups in total. The molecule has 4 nitrogen and oxygen atoms in total. The number of halogens is 1. The molecule has 1 saturated carbocycles. The van der Waals surface area contributed by atoms with Crippen LogP contribution in [0.3, 0.4) is 0 Å². The molecule has 0 bridgehead atoms. The number of nitrogens with zero attached hydrogens (tertiary/aromatic N) is 3. The molecule has 1 aromatic rings. The summed E-state index contributed by atoms with van der Waals surface area (Å²) in [5.41, 5.74) is -0.199. The standard InChI is InChI=1S/C19H15ClN4/c20-16-8-4-3-7-14(16)17-13-6-2-1-5-12(13)15(9-21)18(24)19(17,10-22)11-23/h3-5,7-8,13,15,17,24H,1-2,6H2/t13-,15+,17+/m0/s1. The number of hydrogen-bond acceptors (Lipinski definition) is 4. The van der Waals surface area contributed by atoms with Gasteiger partial charge in [-0.1, -0.05) is 35.9 Å². The van der Waals surface area contributed by atoms with Crippen LogP contribution in [0.2, 0.25) is 5.02 Å². The number of fused-ring (bicyclic) bond motifs is 1. The van der Waals surface area contributed by atoms with Gasteiger partial charge in [-0.2, -0.15) is 15.8 Å². The first-order valence-corrected chi connectivity index (χ1v) is 8.24. The molecule has 0 aliphatic heterocycles. The van der Waals surface area contributed by atoms with Crippen LogP contribution < -0.4 is 0 Å². The number of nitrogens with one attached hydrogen (secondary N) is 1. The van der Waals surface area contributed by atoms with E-state index >= 15 is 0 Å². The quantitative estimate of drug-likeness (QED) is 0.773. The van der Waals surface area contributed by atoms with Gasteiger partial charge in [0.05, 0.1) is 23.9 Å². The zero-order valence-corrected chi connectivity index (χ0v) is 13.7. The molecule has 3 rings (SSSR count). The molecule has 3 atom stereocenters. The van der Waals surface area contributed by atoms with Gasteiger partial charge in [-0.15, -0.1) is 0 Å². The maximum Gasteiger partial charge on any atom is 0.189 e. The molecule has 5 heteroatoms. The molecule has 24 heavy (non-hydrogen) atoms. The Morgan fingerprint density at radius 1 is 1.17 bits per heavy atom. The second-order valence-electron chi connectivity index (χ2n) is 6.25. The highest BCUT2D eigenvalue weighted by Gasteiger charge is 2.57. The highest BCUT2D eigenvalue weighted by molar-refractivity contribution is 6.31. The molecule has 0 saturated heterocycles. The van der Waals surface area contributed by atoms with E-state index in [2.05, 4.69) is 18.2 Å². The molecule has 0 heterocycles. The lowest BCUT2D eigenvalue weighted by Crippen LogP contribution is -2.48. The average Bonchev–Trinajstić information content (AvgIpc) is 2.62. The molecule has 0 amide bonds. The van der Waals surface area contributed by atoms with Gasteiger partial charge in [0.1, 0.15) is 5.92 Å². The van der Waals surface area contributed by atoms with Gasteiger partial charge < -0.3 is 5.41 Å². The third kappa shape index (κ3) is 2.14. The van der Waals surface area contributed by atoms with E-state index in [4.69, 9.17) is 17.0 Å². The van der Waals surface area contributed by atoms with E-state index < -0.39 is 17.3 Å². The minimum Gasteiger partial charge on any atom is -0.305 e. The van der Waals surface area contributed by atoms with Crippen LogP contribution in [0.15, 0.2) is 35.9 Å². The summed E-state index contributed by atoms with van der Waals surface area (Å²) in [7, 11) is 0. The maximum atomic E-state index is 9.85. The predicted molar refractivity (Wildman–Crippen MR) is 90.1 cm³/mol. The van der Waals surface area contributed by atoms with Crippen LogP contribution in [0.25, 0.3) is 0 Å². The van der Waals surface area contributed by atoms with Crippen molar-refractivity contribution in [2.75, 3.05) is 0 Å². The molecule has 0 spiro atoms. The van der Waals surface area contributed by atoms with Gasteiger partial charge >= 0.3 is 0 Å². The zero-order chi connectivity index (χ0) is 17.3. The van der Waals surface area contributed by atoms with Crippen LogP contribution >= 0.6 is 11.6 Å². The van der Waals surface area contributed by atoms with Crippen LogP contribution in [0, 0.1) is 56.7 Å². The molecule has 1 fully saturated rings. The number of hydrogen-bond donors (Lipinski definition) is 1. The monoisotopic (exact) mass is 334 g/mol. The summed E-state index contributed by atoms with van der Waals surface area (Å²) in [5.74, 6) is -1.44. The van der Waals surface area contributed by atoms with Gasteiger partial charge in [0.25, 0.3) is 0 Å². The van der Waals surface area contributed by atoms with Crippen molar-refractivity contribution in [3.05, 3.63) is 46.5 Å². The molecule has 2 aliphatic rings. The SMILES string of the molecule is N#C[C@H]1C(=N)C(C#N)(C#N)[C@@H](c2ccccc2Cl)[C@H]2CCCC=C12. The van der Waals surface area contributed by atoms with Crippen molar-refractivity contribution in [3.63, 3.8) is 0 Å². The Morgan fingerprint density at radius 2 is 1.88 bits per heavy atom. The molecular formula is C19H15ClN4. The Kier molecular flexibility index (Phi) is 4.15.